The van der Waals surface area contributed by atoms with E-state index in [0.717, 1.165) is 27.5 Å². The summed E-state index contributed by atoms with van der Waals surface area (Å²) < 4.78 is 67.9. The molecule has 0 aliphatic rings. The third-order valence-corrected chi connectivity index (χ3v) is 4.26. The number of nitrogens with one attached hydrogen (secondary N) is 2. The number of H-pyrrole nitrogens is 1. The third-order valence-electron chi connectivity index (χ3n) is 4.26. The summed E-state index contributed by atoms with van der Waals surface area (Å²) in [4.78, 5) is 27.0. The van der Waals surface area contributed by atoms with Gasteiger partial charge in [0.05, 0.1) is 28.5 Å². The summed E-state index contributed by atoms with van der Waals surface area (Å²) in [7, 11) is -9.89. The van der Waals surface area contributed by atoms with E-state index in [1.165, 1.54) is 12.4 Å². The van der Waals surface area contributed by atoms with Gasteiger partial charge in [0.25, 0.3) is 5.91 Å². The number of nitrogens with zero attached hydrogens (tertiary/aromatic N) is 4. The zero-order valence-corrected chi connectivity index (χ0v) is 22.7. The first-order chi connectivity index (χ1) is 18.8. The molecule has 4 aromatic heterocycles. The molecule has 0 saturated carbocycles. The second kappa shape index (κ2) is 17.3. The van der Waals surface area contributed by atoms with Crippen LogP contribution in [0.3, 0.4) is 0 Å². The molecular formula is C23H18Cl2CuN6O9. The van der Waals surface area contributed by atoms with Crippen LogP contribution in [-0.4, -0.2) is 32.1 Å². The van der Waals surface area contributed by atoms with E-state index in [9.17, 15) is 4.79 Å². The van der Waals surface area contributed by atoms with E-state index in [1.54, 1.807) is 36.9 Å². The van der Waals surface area contributed by atoms with E-state index in [-0.39, 0.29) is 23.0 Å². The number of amides is 1. The third kappa shape index (κ3) is 15.7. The van der Waals surface area contributed by atoms with Crippen LogP contribution in [0.25, 0.3) is 21.8 Å². The molecule has 0 spiro atoms. The number of carbonyl (C=O) groups is 1. The fourth-order valence-corrected chi connectivity index (χ4v) is 2.83. The summed E-state index contributed by atoms with van der Waals surface area (Å²) in [5.74, 6) is -0.282. The average Bonchev–Trinajstić information content (AvgIpc) is 3.41. The number of hydrogen-bond acceptors (Lipinski definition) is 13. The van der Waals surface area contributed by atoms with E-state index >= 15 is 0 Å². The number of rotatable bonds is 3. The van der Waals surface area contributed by atoms with E-state index in [1.807, 2.05) is 24.3 Å². The van der Waals surface area contributed by atoms with Gasteiger partial charge in [0.2, 0.25) is 0 Å². The maximum Gasteiger partial charge on any atom is 2.00 e. The molecule has 0 fully saturated rings. The number of pyridine rings is 3. The standard InChI is InChI=1S/C12H8N2.C11H10N4O.2ClHO4.Cu/c1-3-9-5-6-10-4-2-8-14-12(10)11(9)13-7-1;16-11(9-3-1-5-12-7-9)15-14-8-10-4-2-6-13-10;2*2-1(3,4)5;/h1-8H;1-8,13H,(H,15,16);2*(H,2,3,4,5);/q;;;;+2/p-2/b;14-8-;;;. The van der Waals surface area contributed by atoms with Gasteiger partial charge in [0.1, 0.15) is 0 Å². The van der Waals surface area contributed by atoms with Gasteiger partial charge in [-0.25, -0.2) is 42.7 Å². The number of aromatic amines is 1. The van der Waals surface area contributed by atoms with Crippen molar-refractivity contribution in [2.24, 2.45) is 5.10 Å². The Morgan fingerprint density at radius 2 is 1.27 bits per heavy atom. The zero-order chi connectivity index (χ0) is 29.6. The molecule has 1 amide bonds. The quantitative estimate of drug-likeness (QED) is 0.0796. The smallest absolute Gasteiger partial charge is 0.360 e. The molecule has 41 heavy (non-hydrogen) atoms. The fraction of sp³-hybridized carbons (Fsp3) is 0. The Hall–Kier alpha value is -3.61. The summed E-state index contributed by atoms with van der Waals surface area (Å²) in [6.07, 6.45) is 10.0. The Kier molecular flexibility index (Phi) is 14.9. The van der Waals surface area contributed by atoms with Crippen molar-refractivity contribution < 1.29 is 79.6 Å². The molecule has 0 bridgehead atoms. The fourth-order valence-electron chi connectivity index (χ4n) is 2.83. The molecule has 5 rings (SSSR count). The molecule has 4 heterocycles. The first kappa shape index (κ1) is 35.4. The largest absolute Gasteiger partial charge is 2.00 e. The predicted molar refractivity (Wildman–Crippen MR) is 117 cm³/mol. The monoisotopic (exact) mass is 655 g/mol. The van der Waals surface area contributed by atoms with Crippen LogP contribution < -0.4 is 42.7 Å². The van der Waals surface area contributed by atoms with Crippen LogP contribution >= 0.6 is 0 Å². The van der Waals surface area contributed by atoms with Crippen molar-refractivity contribution >= 4 is 33.9 Å². The first-order valence-electron chi connectivity index (χ1n) is 10.5. The molecule has 0 aliphatic heterocycles. The minimum Gasteiger partial charge on any atom is -0.360 e. The van der Waals surface area contributed by atoms with Gasteiger partial charge in [-0.3, -0.25) is 19.7 Å². The molecule has 15 nitrogen and oxygen atoms in total. The Bertz CT molecular complexity index is 1420. The molecule has 0 unspecified atom stereocenters. The Morgan fingerprint density at radius 1 is 0.756 bits per heavy atom. The summed E-state index contributed by atoms with van der Waals surface area (Å²) in [6.45, 7) is 0. The molecule has 18 heteroatoms. The molecule has 0 atom stereocenters. The SMILES string of the molecule is O=C(N/N=C\c1ccc[nH]1)c1cccnc1.[Cu+2].[O-][Cl+3]([O-])([O-])[O-].[O-][Cl+3]([O-])([O-])[O-].c1cnc2c(c1)ccc1cccnc12. The first-order valence-corrected chi connectivity index (χ1v) is 13.0. The molecule has 2 N–H and O–H groups in total. The Balaban J connectivity index is 0.000000306. The van der Waals surface area contributed by atoms with Crippen LogP contribution in [0.5, 0.6) is 0 Å². The van der Waals surface area contributed by atoms with E-state index < -0.39 is 20.5 Å². The Morgan fingerprint density at radius 3 is 1.71 bits per heavy atom. The van der Waals surface area contributed by atoms with E-state index in [4.69, 9.17) is 37.3 Å². The second-order valence-electron chi connectivity index (χ2n) is 7.04. The van der Waals surface area contributed by atoms with Crippen molar-refractivity contribution in [3.63, 3.8) is 0 Å². The van der Waals surface area contributed by atoms with Crippen LogP contribution in [0.15, 0.2) is 96.7 Å². The summed E-state index contributed by atoms with van der Waals surface area (Å²) >= 11 is 0. The van der Waals surface area contributed by atoms with Crippen molar-refractivity contribution in [1.82, 2.24) is 25.4 Å². The van der Waals surface area contributed by atoms with E-state index in [2.05, 4.69) is 54.7 Å². The number of aromatic nitrogens is 4. The molecule has 0 saturated heterocycles. The second-order valence-corrected chi connectivity index (χ2v) is 8.55. The van der Waals surface area contributed by atoms with Gasteiger partial charge in [-0.2, -0.15) is 5.10 Å². The van der Waals surface area contributed by atoms with Crippen molar-refractivity contribution in [2.45, 2.75) is 0 Å². The summed E-state index contributed by atoms with van der Waals surface area (Å²) in [5, 5.41) is 6.08. The molecule has 5 aromatic rings. The number of hydrazone groups is 1. The van der Waals surface area contributed by atoms with Crippen molar-refractivity contribution in [2.75, 3.05) is 0 Å². The maximum absolute atomic E-state index is 11.5. The zero-order valence-electron chi connectivity index (χ0n) is 20.3. The van der Waals surface area contributed by atoms with Crippen LogP contribution in [0.4, 0.5) is 0 Å². The van der Waals surface area contributed by atoms with Gasteiger partial charge in [-0.15, -0.1) is 20.5 Å². The minimum atomic E-state index is -4.94. The number of hydrogen-bond donors (Lipinski definition) is 2. The van der Waals surface area contributed by atoms with Gasteiger partial charge in [-0.1, -0.05) is 24.3 Å². The van der Waals surface area contributed by atoms with Crippen molar-refractivity contribution in [3.05, 3.63) is 103 Å². The number of benzene rings is 1. The summed E-state index contributed by atoms with van der Waals surface area (Å²) in [6, 6.07) is 19.2. The minimum absolute atomic E-state index is 0. The summed E-state index contributed by atoms with van der Waals surface area (Å²) in [5.41, 5.74) is 5.67. The van der Waals surface area contributed by atoms with Crippen LogP contribution in [-0.2, 0) is 17.1 Å². The molecule has 1 aromatic carbocycles. The topological polar surface area (TPSA) is 280 Å². The number of carbonyl (C=O) groups excluding carboxylic acids is 1. The molecule has 1 radical (unpaired) electrons. The van der Waals surface area contributed by atoms with Gasteiger partial charge >= 0.3 is 17.1 Å². The predicted octanol–water partition coefficient (Wildman–Crippen LogP) is -5.56. The number of halogens is 2. The van der Waals surface area contributed by atoms with Gasteiger partial charge in [-0.05, 0) is 36.4 Å². The molecule has 0 aliphatic carbocycles. The van der Waals surface area contributed by atoms with Crippen molar-refractivity contribution in [3.8, 4) is 0 Å². The average molecular weight is 657 g/mol. The molecule has 219 valence electrons. The normalized spacial score (nSPS) is 10.7. The van der Waals surface area contributed by atoms with Crippen LogP contribution in [0.1, 0.15) is 16.1 Å². The van der Waals surface area contributed by atoms with Gasteiger partial charge in [0, 0.05) is 41.8 Å². The molecular weight excluding hydrogens is 639 g/mol. The van der Waals surface area contributed by atoms with E-state index in [0.29, 0.717) is 5.56 Å². The van der Waals surface area contributed by atoms with Crippen molar-refractivity contribution in [1.29, 1.82) is 0 Å². The van der Waals surface area contributed by atoms with Crippen LogP contribution in [0.2, 0.25) is 0 Å². The Labute approximate surface area is 246 Å². The number of fused-ring (bicyclic) bond motifs is 3. The maximum atomic E-state index is 11.5. The van der Waals surface area contributed by atoms with Gasteiger partial charge < -0.3 is 4.98 Å². The van der Waals surface area contributed by atoms with Gasteiger partial charge in [0.15, 0.2) is 0 Å². The van der Waals surface area contributed by atoms with Crippen LogP contribution in [0, 0.1) is 20.5 Å².